The van der Waals surface area contributed by atoms with E-state index in [9.17, 15) is 9.59 Å². The van der Waals surface area contributed by atoms with Crippen molar-refractivity contribution in [3.63, 3.8) is 0 Å². The molecule has 0 spiro atoms. The maximum Gasteiger partial charge on any atom is 0.246 e. The van der Waals surface area contributed by atoms with Crippen molar-refractivity contribution in [2.24, 2.45) is 5.92 Å². The minimum absolute atomic E-state index is 0.0387. The van der Waals surface area contributed by atoms with Gasteiger partial charge in [0.2, 0.25) is 11.8 Å². The van der Waals surface area contributed by atoms with Crippen LogP contribution in [-0.2, 0) is 19.1 Å². The molecular formula is C15H26N2O4. The van der Waals surface area contributed by atoms with Crippen molar-refractivity contribution >= 4 is 11.8 Å². The fourth-order valence-electron chi connectivity index (χ4n) is 2.75. The third kappa shape index (κ3) is 3.37. The van der Waals surface area contributed by atoms with E-state index in [0.717, 1.165) is 12.8 Å². The molecule has 120 valence electrons. The molecule has 2 amide bonds. The zero-order valence-electron chi connectivity index (χ0n) is 13.2. The monoisotopic (exact) mass is 298 g/mol. The van der Waals surface area contributed by atoms with Crippen molar-refractivity contribution in [2.75, 3.05) is 33.5 Å². The van der Waals surface area contributed by atoms with Crippen LogP contribution in [0.1, 0.15) is 33.1 Å². The Balaban J connectivity index is 2.00. The maximum atomic E-state index is 12.7. The van der Waals surface area contributed by atoms with E-state index < -0.39 is 5.54 Å². The van der Waals surface area contributed by atoms with Crippen LogP contribution in [0.25, 0.3) is 0 Å². The fraction of sp³-hybridized carbons (Fsp3) is 0.867. The molecule has 6 heteroatoms. The highest BCUT2D eigenvalue weighted by Crippen LogP contribution is 2.37. The first-order valence-electron chi connectivity index (χ1n) is 7.73. The molecule has 1 aliphatic heterocycles. The molecule has 2 atom stereocenters. The molecule has 21 heavy (non-hydrogen) atoms. The number of hydrogen-bond acceptors (Lipinski definition) is 4. The van der Waals surface area contributed by atoms with Gasteiger partial charge >= 0.3 is 0 Å². The summed E-state index contributed by atoms with van der Waals surface area (Å²) in [5, 5.41) is 2.92. The van der Waals surface area contributed by atoms with Crippen molar-refractivity contribution < 1.29 is 19.1 Å². The Morgan fingerprint density at radius 2 is 2.00 bits per heavy atom. The van der Waals surface area contributed by atoms with E-state index in [1.165, 1.54) is 0 Å². The number of hydrogen-bond donors (Lipinski definition) is 1. The highest BCUT2D eigenvalue weighted by molar-refractivity contribution is 5.99. The Bertz CT molecular complexity index is 397. The smallest absolute Gasteiger partial charge is 0.246 e. The Kier molecular flexibility index (Phi) is 5.22. The summed E-state index contributed by atoms with van der Waals surface area (Å²) in [6.07, 6.45) is 2.65. The Morgan fingerprint density at radius 3 is 2.57 bits per heavy atom. The number of methoxy groups -OCH3 is 1. The third-order valence-electron chi connectivity index (χ3n) is 4.58. The molecule has 1 heterocycles. The average molecular weight is 298 g/mol. The highest BCUT2D eigenvalue weighted by Gasteiger charge is 2.51. The summed E-state index contributed by atoms with van der Waals surface area (Å²) < 4.78 is 10.4. The minimum atomic E-state index is -0.771. The quantitative estimate of drug-likeness (QED) is 0.665. The van der Waals surface area contributed by atoms with Crippen LogP contribution in [0.2, 0.25) is 0 Å². The summed E-state index contributed by atoms with van der Waals surface area (Å²) >= 11 is 0. The molecule has 2 unspecified atom stereocenters. The van der Waals surface area contributed by atoms with Gasteiger partial charge in [-0.15, -0.1) is 0 Å². The van der Waals surface area contributed by atoms with Crippen LogP contribution in [-0.4, -0.2) is 61.8 Å². The molecule has 6 nitrogen and oxygen atoms in total. The number of piperazine rings is 1. The summed E-state index contributed by atoms with van der Waals surface area (Å²) in [7, 11) is 1.62. The lowest BCUT2D eigenvalue weighted by molar-refractivity contribution is -0.158. The van der Waals surface area contributed by atoms with Crippen LogP contribution in [0.15, 0.2) is 0 Å². The molecule has 0 aromatic heterocycles. The predicted octanol–water partition coefficient (Wildman–Crippen LogP) is 0.555. The van der Waals surface area contributed by atoms with Crippen molar-refractivity contribution in [1.29, 1.82) is 0 Å². The number of carbonyl (C=O) groups is 2. The number of ether oxygens (including phenoxy) is 2. The van der Waals surface area contributed by atoms with E-state index in [1.54, 1.807) is 12.0 Å². The van der Waals surface area contributed by atoms with Crippen LogP contribution in [0.5, 0.6) is 0 Å². The molecule has 2 aliphatic rings. The summed E-state index contributed by atoms with van der Waals surface area (Å²) in [5.74, 6) is 0.315. The molecule has 0 aromatic rings. The largest absolute Gasteiger partial charge is 0.382 e. The lowest BCUT2D eigenvalue weighted by Crippen LogP contribution is -2.70. The normalized spacial score (nSPS) is 29.7. The van der Waals surface area contributed by atoms with Crippen LogP contribution in [0.4, 0.5) is 0 Å². The minimum Gasteiger partial charge on any atom is -0.382 e. The van der Waals surface area contributed by atoms with Gasteiger partial charge in [-0.25, -0.2) is 0 Å². The molecular weight excluding hydrogens is 272 g/mol. The number of amides is 2. The van der Waals surface area contributed by atoms with Crippen molar-refractivity contribution in [3.05, 3.63) is 0 Å². The Labute approximate surface area is 126 Å². The summed E-state index contributed by atoms with van der Waals surface area (Å²) in [4.78, 5) is 26.8. The van der Waals surface area contributed by atoms with Gasteiger partial charge in [0, 0.05) is 13.7 Å². The molecule has 2 rings (SSSR count). The van der Waals surface area contributed by atoms with Crippen LogP contribution in [0.3, 0.4) is 0 Å². The van der Waals surface area contributed by atoms with E-state index in [-0.39, 0.29) is 17.9 Å². The van der Waals surface area contributed by atoms with Crippen molar-refractivity contribution in [1.82, 2.24) is 10.2 Å². The van der Waals surface area contributed by atoms with Gasteiger partial charge in [0.05, 0.1) is 19.8 Å². The summed E-state index contributed by atoms with van der Waals surface area (Å²) in [5.41, 5.74) is -0.771. The fourth-order valence-corrected chi connectivity index (χ4v) is 2.75. The number of rotatable bonds is 8. The predicted molar refractivity (Wildman–Crippen MR) is 77.8 cm³/mol. The molecule has 0 radical (unpaired) electrons. The molecule has 0 bridgehead atoms. The van der Waals surface area contributed by atoms with Gasteiger partial charge in [-0.1, -0.05) is 6.92 Å². The van der Waals surface area contributed by atoms with Crippen molar-refractivity contribution in [2.45, 2.75) is 44.7 Å². The third-order valence-corrected chi connectivity index (χ3v) is 4.58. The SMILES string of the molecule is CCC1(C)C(=O)NC(C2CC2)C(=O)N1CCOCCOC. The number of nitrogens with zero attached hydrogens (tertiary/aromatic N) is 1. The second kappa shape index (κ2) is 6.75. The van der Waals surface area contributed by atoms with E-state index in [4.69, 9.17) is 9.47 Å². The lowest BCUT2D eigenvalue weighted by Gasteiger charge is -2.46. The molecule has 1 aliphatic carbocycles. The van der Waals surface area contributed by atoms with E-state index >= 15 is 0 Å². The zero-order valence-corrected chi connectivity index (χ0v) is 13.2. The second-order valence-corrected chi connectivity index (χ2v) is 6.01. The van der Waals surface area contributed by atoms with Crippen LogP contribution < -0.4 is 5.32 Å². The highest BCUT2D eigenvalue weighted by atomic mass is 16.5. The molecule has 2 fully saturated rings. The molecule has 1 saturated carbocycles. The number of carbonyl (C=O) groups excluding carboxylic acids is 2. The second-order valence-electron chi connectivity index (χ2n) is 6.01. The first kappa shape index (κ1) is 16.2. The first-order valence-corrected chi connectivity index (χ1v) is 7.73. The van der Waals surface area contributed by atoms with Gasteiger partial charge < -0.3 is 19.7 Å². The van der Waals surface area contributed by atoms with Gasteiger partial charge in [-0.2, -0.15) is 0 Å². The lowest BCUT2D eigenvalue weighted by atomic mass is 9.89. The standard InChI is InChI=1S/C15H26N2O4/c1-4-15(2)14(19)16-12(11-5-6-11)13(18)17(15)7-8-21-10-9-20-3/h11-12H,4-10H2,1-3H3,(H,16,19). The van der Waals surface area contributed by atoms with Crippen LogP contribution in [0, 0.1) is 5.92 Å². The summed E-state index contributed by atoms with van der Waals surface area (Å²) in [6, 6.07) is -0.337. The zero-order chi connectivity index (χ0) is 15.5. The Hall–Kier alpha value is -1.14. The van der Waals surface area contributed by atoms with E-state index in [2.05, 4.69) is 5.32 Å². The maximum absolute atomic E-state index is 12.7. The van der Waals surface area contributed by atoms with Gasteiger partial charge in [-0.3, -0.25) is 9.59 Å². The molecule has 1 N–H and O–H groups in total. The number of nitrogens with one attached hydrogen (secondary N) is 1. The molecule has 0 aromatic carbocycles. The molecule has 1 saturated heterocycles. The topological polar surface area (TPSA) is 67.9 Å². The summed E-state index contributed by atoms with van der Waals surface area (Å²) in [6.45, 7) is 5.67. The Morgan fingerprint density at radius 1 is 1.29 bits per heavy atom. The van der Waals surface area contributed by atoms with Gasteiger partial charge in [-0.05, 0) is 32.1 Å². The van der Waals surface area contributed by atoms with E-state index in [0.29, 0.717) is 38.7 Å². The van der Waals surface area contributed by atoms with Crippen LogP contribution >= 0.6 is 0 Å². The van der Waals surface area contributed by atoms with E-state index in [1.807, 2.05) is 13.8 Å². The van der Waals surface area contributed by atoms with Gasteiger partial charge in [0.1, 0.15) is 11.6 Å². The van der Waals surface area contributed by atoms with Gasteiger partial charge in [0.25, 0.3) is 0 Å². The van der Waals surface area contributed by atoms with Crippen molar-refractivity contribution in [3.8, 4) is 0 Å². The first-order chi connectivity index (χ1) is 10.0. The van der Waals surface area contributed by atoms with Gasteiger partial charge in [0.15, 0.2) is 0 Å². The average Bonchev–Trinajstić information content (AvgIpc) is 3.30.